The Kier molecular flexibility index (Phi) is 11.1. The molecule has 0 aromatic heterocycles. The normalized spacial score (nSPS) is 13.8. The van der Waals surface area contributed by atoms with Gasteiger partial charge in [0.25, 0.3) is 0 Å². The zero-order valence-corrected chi connectivity index (χ0v) is 14.3. The van der Waals surface area contributed by atoms with Crippen LogP contribution in [0.15, 0.2) is 0 Å². The average molecular weight is 330 g/mol. The molecule has 2 N–H and O–H groups in total. The molecule has 6 nitrogen and oxygen atoms in total. The molecule has 0 aliphatic carbocycles. The highest BCUT2D eigenvalue weighted by Crippen LogP contribution is 2.14. The molecule has 0 aliphatic heterocycles. The molecule has 0 fully saturated rings. The summed E-state index contributed by atoms with van der Waals surface area (Å²) in [6.45, 7) is 4.57. The first kappa shape index (κ1) is 19.6. The number of nitrogens with two attached hydrogens (primary N) is 1. The third-order valence-corrected chi connectivity index (χ3v) is 3.37. The molecule has 0 radical (unpaired) electrons. The molecule has 0 aliphatic rings. The first-order valence-electron chi connectivity index (χ1n) is 9.09. The number of ether oxygens (including phenoxy) is 2. The van der Waals surface area contributed by atoms with Crippen molar-refractivity contribution in [1.82, 2.24) is 0 Å². The van der Waals surface area contributed by atoms with Gasteiger partial charge in [-0.1, -0.05) is 33.6 Å². The summed E-state index contributed by atoms with van der Waals surface area (Å²) >= 11 is 0. The van der Waals surface area contributed by atoms with E-state index in [9.17, 15) is 14.4 Å². The molecule has 23 heavy (non-hydrogen) atoms. The van der Waals surface area contributed by atoms with Crippen LogP contribution in [-0.4, -0.2) is 37.0 Å². The Hall–Kier alpha value is -1.43. The molecule has 134 valence electrons. The van der Waals surface area contributed by atoms with Gasteiger partial charge in [-0.05, 0) is 25.7 Å². The van der Waals surface area contributed by atoms with Crippen LogP contribution in [0.5, 0.6) is 0 Å². The van der Waals surface area contributed by atoms with Crippen molar-refractivity contribution in [2.24, 2.45) is 11.7 Å². The molecule has 2 atom stereocenters. The van der Waals surface area contributed by atoms with Crippen molar-refractivity contribution in [3.63, 3.8) is 0 Å². The smallest absolute Gasteiger partial charge is 0.322 e. The highest BCUT2D eigenvalue weighted by atomic mass is 16.5. The fourth-order valence-electron chi connectivity index (χ4n) is 1.90. The van der Waals surface area contributed by atoms with Crippen LogP contribution in [0.1, 0.15) is 67.1 Å². The number of unbranched alkanes of at least 4 members (excludes halogenated alkanes) is 2. The molecule has 0 aromatic carbocycles. The second-order valence-corrected chi connectivity index (χ2v) is 5.51. The van der Waals surface area contributed by atoms with E-state index in [-0.39, 0.29) is 38.7 Å². The topological polar surface area (TPSA) is 95.7 Å². The zero-order valence-electron chi connectivity index (χ0n) is 15.3. The Morgan fingerprint density at radius 3 is 2.09 bits per heavy atom. The second kappa shape index (κ2) is 13.0. The molecule has 0 rings (SSSR count). The van der Waals surface area contributed by atoms with E-state index in [2.05, 4.69) is 0 Å². The van der Waals surface area contributed by atoms with E-state index < -0.39 is 23.9 Å². The van der Waals surface area contributed by atoms with Gasteiger partial charge in [-0.2, -0.15) is 0 Å². The maximum atomic E-state index is 12.2. The van der Waals surface area contributed by atoms with E-state index in [0.717, 1.165) is 19.3 Å². The Balaban J connectivity index is 4.69. The molecule has 0 aromatic rings. The molecular formula is C17H31NO5. The Labute approximate surface area is 140 Å². The van der Waals surface area contributed by atoms with Gasteiger partial charge in [0.1, 0.15) is 17.7 Å². The van der Waals surface area contributed by atoms with Crippen molar-refractivity contribution < 1.29 is 25.2 Å². The third kappa shape index (κ3) is 9.33. The minimum atomic E-state index is -1.07. The molecule has 6 heteroatoms. The van der Waals surface area contributed by atoms with Crippen LogP contribution in [-0.2, 0) is 23.9 Å². The molecule has 0 saturated carbocycles. The fourth-order valence-corrected chi connectivity index (χ4v) is 1.90. The lowest BCUT2D eigenvalue weighted by atomic mass is 9.93. The van der Waals surface area contributed by atoms with Gasteiger partial charge in [0.05, 0.1) is 13.2 Å². The number of hydrogen-bond donors (Lipinski definition) is 1. The van der Waals surface area contributed by atoms with Crippen LogP contribution in [0, 0.1) is 5.92 Å². The van der Waals surface area contributed by atoms with Crippen molar-refractivity contribution in [1.29, 1.82) is 0 Å². The third-order valence-electron chi connectivity index (χ3n) is 3.37. The number of rotatable bonds is 13. The van der Waals surface area contributed by atoms with E-state index in [0.29, 0.717) is 12.8 Å². The van der Waals surface area contributed by atoms with Crippen LogP contribution in [0.2, 0.25) is 0 Å². The first-order chi connectivity index (χ1) is 11.5. The Bertz CT molecular complexity index is 389. The minimum absolute atomic E-state index is 0.106. The lowest BCUT2D eigenvalue weighted by Gasteiger charge is -2.18. The molecule has 0 heterocycles. The maximum Gasteiger partial charge on any atom is 0.322 e. The molecule has 1 unspecified atom stereocenters. The summed E-state index contributed by atoms with van der Waals surface area (Å²) in [5.74, 6) is -2.65. The Morgan fingerprint density at radius 1 is 1.00 bits per heavy atom. The number of ketones is 1. The van der Waals surface area contributed by atoms with E-state index in [1.807, 2.05) is 13.8 Å². The van der Waals surface area contributed by atoms with E-state index in [1.54, 1.807) is 0 Å². The summed E-state index contributed by atoms with van der Waals surface area (Å²) in [4.78, 5) is 36.2. The van der Waals surface area contributed by atoms with Gasteiger partial charge in [0.15, 0.2) is 0 Å². The fraction of sp³-hybridized carbons (Fsp3) is 0.824. The minimum Gasteiger partial charge on any atom is -0.465 e. The standard InChI is InChI=1S/C17H31NO5/c1-4-7-10-22-16(20)13(15(19)9-6-3)12-14(18)17(21)23-11-8-5-2/h13-14H,4-12,18H2,1-3H3/t13?,14-/m0/s1/i3D. The van der Waals surface area contributed by atoms with E-state index >= 15 is 0 Å². The second-order valence-electron chi connectivity index (χ2n) is 5.51. The first-order valence-corrected chi connectivity index (χ1v) is 8.38. The summed E-state index contributed by atoms with van der Waals surface area (Å²) in [7, 11) is 0. The largest absolute Gasteiger partial charge is 0.465 e. The molecule has 0 bridgehead atoms. The number of carbonyl (C=O) groups excluding carboxylic acids is 3. The van der Waals surface area contributed by atoms with Crippen LogP contribution in [0.3, 0.4) is 0 Å². The molecular weight excluding hydrogens is 298 g/mol. The summed E-state index contributed by atoms with van der Waals surface area (Å²) in [6, 6.07) is -1.04. The molecule has 0 spiro atoms. The lowest BCUT2D eigenvalue weighted by molar-refractivity contribution is -0.153. The molecule has 0 saturated heterocycles. The summed E-state index contributed by atoms with van der Waals surface area (Å²) in [5, 5.41) is 0. The number of hydrogen-bond acceptors (Lipinski definition) is 6. The van der Waals surface area contributed by atoms with Crippen molar-refractivity contribution in [2.45, 2.75) is 71.7 Å². The predicted octanol–water partition coefficient (Wildman–Crippen LogP) is 2.38. The Morgan fingerprint density at radius 2 is 1.57 bits per heavy atom. The zero-order chi connectivity index (χ0) is 18.4. The van der Waals surface area contributed by atoms with Gasteiger partial charge in [0, 0.05) is 7.79 Å². The van der Waals surface area contributed by atoms with Gasteiger partial charge >= 0.3 is 11.9 Å². The van der Waals surface area contributed by atoms with Gasteiger partial charge < -0.3 is 15.2 Å². The number of Topliss-reactive ketones (excluding diaryl/α,β-unsaturated/α-hetero) is 1. The van der Waals surface area contributed by atoms with Crippen molar-refractivity contribution >= 4 is 17.7 Å². The van der Waals surface area contributed by atoms with Crippen molar-refractivity contribution in [3.8, 4) is 0 Å². The highest BCUT2D eigenvalue weighted by molar-refractivity contribution is 5.99. The van der Waals surface area contributed by atoms with Crippen LogP contribution < -0.4 is 5.73 Å². The van der Waals surface area contributed by atoms with Crippen LogP contribution in [0.4, 0.5) is 0 Å². The summed E-state index contributed by atoms with van der Waals surface area (Å²) < 4.78 is 17.3. The lowest BCUT2D eigenvalue weighted by Crippen LogP contribution is -2.39. The predicted molar refractivity (Wildman–Crippen MR) is 87.7 cm³/mol. The van der Waals surface area contributed by atoms with Gasteiger partial charge in [-0.3, -0.25) is 14.4 Å². The van der Waals surface area contributed by atoms with E-state index in [4.69, 9.17) is 16.6 Å². The maximum absolute atomic E-state index is 12.2. The van der Waals surface area contributed by atoms with Crippen molar-refractivity contribution in [2.75, 3.05) is 13.2 Å². The van der Waals surface area contributed by atoms with E-state index in [1.165, 1.54) is 0 Å². The quantitative estimate of drug-likeness (QED) is 0.316. The number of carbonyl (C=O) groups is 3. The van der Waals surface area contributed by atoms with Gasteiger partial charge in [-0.25, -0.2) is 0 Å². The number of esters is 2. The average Bonchev–Trinajstić information content (AvgIpc) is 2.57. The summed E-state index contributed by atoms with van der Waals surface area (Å²) in [6.07, 6.45) is 3.57. The summed E-state index contributed by atoms with van der Waals surface area (Å²) in [5.41, 5.74) is 5.79. The highest BCUT2D eigenvalue weighted by Gasteiger charge is 2.32. The van der Waals surface area contributed by atoms with Crippen LogP contribution >= 0.6 is 0 Å². The van der Waals surface area contributed by atoms with Crippen molar-refractivity contribution in [3.05, 3.63) is 0 Å². The monoisotopic (exact) mass is 330 g/mol. The molecule has 0 amide bonds. The van der Waals surface area contributed by atoms with Gasteiger partial charge in [0.2, 0.25) is 0 Å². The van der Waals surface area contributed by atoms with Gasteiger partial charge in [-0.15, -0.1) is 0 Å². The van der Waals surface area contributed by atoms with Crippen LogP contribution in [0.25, 0.3) is 0 Å². The SMILES string of the molecule is [2H]CCCC(=O)C(C[C@H](N)C(=O)OCCCC)C(=O)OCCCC.